The highest BCUT2D eigenvalue weighted by atomic mass is 16.5. The summed E-state index contributed by atoms with van der Waals surface area (Å²) >= 11 is 0. The number of ether oxygens (including phenoxy) is 1. The Hall–Kier alpha value is -3.16. The molecule has 1 atom stereocenters. The molecule has 29 heavy (non-hydrogen) atoms. The van der Waals surface area contributed by atoms with Crippen LogP contribution in [0.1, 0.15) is 52.9 Å². The summed E-state index contributed by atoms with van der Waals surface area (Å²) in [7, 11) is 3.53. The number of nitrogens with one attached hydrogen (secondary N) is 1. The Kier molecular flexibility index (Phi) is 5.59. The lowest BCUT2D eigenvalue weighted by molar-refractivity contribution is 0.0755. The zero-order valence-electron chi connectivity index (χ0n) is 16.8. The maximum atomic E-state index is 12.7. The first-order chi connectivity index (χ1) is 14.1. The highest BCUT2D eigenvalue weighted by Gasteiger charge is 2.25. The molecule has 1 aliphatic heterocycles. The van der Waals surface area contributed by atoms with Crippen molar-refractivity contribution in [2.45, 2.75) is 31.6 Å². The molecule has 3 heterocycles. The predicted molar refractivity (Wildman–Crippen MR) is 108 cm³/mol. The van der Waals surface area contributed by atoms with Crippen LogP contribution in [0, 0.1) is 0 Å². The molecule has 1 aromatic carbocycles. The second-order valence-corrected chi connectivity index (χ2v) is 7.51. The molecule has 1 saturated heterocycles. The minimum Gasteiger partial charge on any atom is -0.497 e. The van der Waals surface area contributed by atoms with Gasteiger partial charge in [0.1, 0.15) is 17.3 Å². The Balaban J connectivity index is 1.37. The van der Waals surface area contributed by atoms with Crippen LogP contribution in [-0.4, -0.2) is 55.7 Å². The minimum absolute atomic E-state index is 0.00133. The molecular weight excluding hydrogens is 368 g/mol. The molecule has 0 spiro atoms. The maximum Gasteiger partial charge on any atom is 0.274 e. The van der Waals surface area contributed by atoms with Crippen molar-refractivity contribution in [2.75, 3.05) is 20.2 Å². The molecule has 3 aromatic rings. The number of rotatable bonds is 5. The summed E-state index contributed by atoms with van der Waals surface area (Å²) in [5.41, 5.74) is 1.66. The van der Waals surface area contributed by atoms with Crippen molar-refractivity contribution in [3.05, 3.63) is 59.7 Å². The van der Waals surface area contributed by atoms with Gasteiger partial charge in [0.25, 0.3) is 5.91 Å². The fraction of sp³-hybridized carbons (Fsp3) is 0.429. The Bertz CT molecular complexity index is 962. The Morgan fingerprint density at radius 2 is 2.07 bits per heavy atom. The van der Waals surface area contributed by atoms with Crippen LogP contribution in [0.15, 0.2) is 36.8 Å². The third kappa shape index (κ3) is 4.47. The molecule has 0 radical (unpaired) electrons. The van der Waals surface area contributed by atoms with E-state index in [9.17, 15) is 4.79 Å². The molecule has 1 N–H and O–H groups in total. The second kappa shape index (κ2) is 8.46. The monoisotopic (exact) mass is 394 g/mol. The average Bonchev–Trinajstić information content (AvgIpc) is 3.30. The number of aromatic nitrogens is 5. The summed E-state index contributed by atoms with van der Waals surface area (Å²) in [6.07, 6.45) is 6.90. The summed E-state index contributed by atoms with van der Waals surface area (Å²) in [5.74, 6) is 2.81. The van der Waals surface area contributed by atoms with Gasteiger partial charge in [0, 0.05) is 38.7 Å². The number of hydrogen-bond donors (Lipinski definition) is 1. The molecule has 2 aromatic heterocycles. The minimum atomic E-state index is 0.00133. The Morgan fingerprint density at radius 3 is 2.79 bits per heavy atom. The fourth-order valence-electron chi connectivity index (χ4n) is 3.75. The van der Waals surface area contributed by atoms with Gasteiger partial charge in [-0.3, -0.25) is 9.89 Å². The average molecular weight is 394 g/mol. The number of methoxy groups -OCH3 is 1. The molecule has 8 heteroatoms. The van der Waals surface area contributed by atoms with E-state index >= 15 is 0 Å². The van der Waals surface area contributed by atoms with E-state index < -0.39 is 0 Å². The fourth-order valence-corrected chi connectivity index (χ4v) is 3.75. The molecule has 0 aliphatic carbocycles. The van der Waals surface area contributed by atoms with Gasteiger partial charge in [0.15, 0.2) is 5.82 Å². The van der Waals surface area contributed by atoms with Gasteiger partial charge in [0.05, 0.1) is 13.4 Å². The van der Waals surface area contributed by atoms with Crippen LogP contribution in [0.5, 0.6) is 5.75 Å². The number of aromatic amines is 1. The zero-order valence-corrected chi connectivity index (χ0v) is 16.8. The van der Waals surface area contributed by atoms with E-state index in [-0.39, 0.29) is 11.8 Å². The van der Waals surface area contributed by atoms with E-state index in [1.165, 1.54) is 0 Å². The van der Waals surface area contributed by atoms with Crippen LogP contribution in [-0.2, 0) is 13.5 Å². The largest absolute Gasteiger partial charge is 0.497 e. The lowest BCUT2D eigenvalue weighted by Gasteiger charge is -2.19. The van der Waals surface area contributed by atoms with E-state index in [0.717, 1.165) is 48.8 Å². The predicted octanol–water partition coefficient (Wildman–Crippen LogP) is 2.55. The van der Waals surface area contributed by atoms with Crippen LogP contribution in [0.3, 0.4) is 0 Å². The molecule has 1 amide bonds. The normalized spacial score (nSPS) is 17.2. The van der Waals surface area contributed by atoms with Crippen LogP contribution >= 0.6 is 0 Å². The topological polar surface area (TPSA) is 88.9 Å². The van der Waals surface area contributed by atoms with Crippen LogP contribution in [0.4, 0.5) is 0 Å². The van der Waals surface area contributed by atoms with Gasteiger partial charge in [-0.25, -0.2) is 9.97 Å². The molecule has 0 bridgehead atoms. The molecule has 4 rings (SSSR count). The van der Waals surface area contributed by atoms with Crippen molar-refractivity contribution in [1.29, 1.82) is 0 Å². The molecule has 0 saturated carbocycles. The van der Waals surface area contributed by atoms with Gasteiger partial charge in [-0.1, -0.05) is 12.1 Å². The molecule has 1 unspecified atom stereocenters. The highest BCUT2D eigenvalue weighted by Crippen LogP contribution is 2.26. The number of amides is 1. The van der Waals surface area contributed by atoms with E-state index in [1.807, 2.05) is 36.2 Å². The van der Waals surface area contributed by atoms with Crippen molar-refractivity contribution < 1.29 is 9.53 Å². The first-order valence-corrected chi connectivity index (χ1v) is 9.93. The number of H-pyrrole nitrogens is 1. The third-order valence-electron chi connectivity index (χ3n) is 5.38. The van der Waals surface area contributed by atoms with Crippen molar-refractivity contribution in [3.63, 3.8) is 0 Å². The first-order valence-electron chi connectivity index (χ1n) is 9.93. The summed E-state index contributed by atoms with van der Waals surface area (Å²) in [6.45, 7) is 1.44. The van der Waals surface area contributed by atoms with E-state index in [4.69, 9.17) is 9.72 Å². The van der Waals surface area contributed by atoms with Gasteiger partial charge in [-0.05, 0) is 37.0 Å². The van der Waals surface area contributed by atoms with Crippen molar-refractivity contribution in [2.24, 2.45) is 7.05 Å². The second-order valence-electron chi connectivity index (χ2n) is 7.51. The van der Waals surface area contributed by atoms with E-state index in [1.54, 1.807) is 24.2 Å². The molecule has 1 fully saturated rings. The lowest BCUT2D eigenvalue weighted by atomic mass is 10.0. The zero-order chi connectivity index (χ0) is 20.2. The summed E-state index contributed by atoms with van der Waals surface area (Å²) in [5, 5.41) is 7.54. The Labute approximate surface area is 169 Å². The van der Waals surface area contributed by atoms with E-state index in [2.05, 4.69) is 15.2 Å². The molecule has 152 valence electrons. The lowest BCUT2D eigenvalue weighted by Crippen LogP contribution is -2.32. The first kappa shape index (κ1) is 19.2. The number of hydrogen-bond acceptors (Lipinski definition) is 5. The van der Waals surface area contributed by atoms with E-state index in [0.29, 0.717) is 18.7 Å². The molecule has 1 aliphatic rings. The van der Waals surface area contributed by atoms with Gasteiger partial charge >= 0.3 is 0 Å². The standard InChI is InChI=1S/C21H26N6O2/c1-26-13-18(22-14-26)21(28)27-10-3-4-16(9-11-27)20-23-19(24-25-20)12-15-5-7-17(29-2)8-6-15/h5-8,13-14,16H,3-4,9-12H2,1-2H3,(H,23,24,25). The smallest absolute Gasteiger partial charge is 0.274 e. The Morgan fingerprint density at radius 1 is 1.24 bits per heavy atom. The van der Waals surface area contributed by atoms with Gasteiger partial charge < -0.3 is 14.2 Å². The van der Waals surface area contributed by atoms with Gasteiger partial charge in [-0.15, -0.1) is 0 Å². The van der Waals surface area contributed by atoms with Crippen molar-refractivity contribution >= 4 is 5.91 Å². The number of likely N-dealkylation sites (tertiary alicyclic amines) is 1. The van der Waals surface area contributed by atoms with Crippen LogP contribution in [0.2, 0.25) is 0 Å². The van der Waals surface area contributed by atoms with Gasteiger partial charge in [-0.2, -0.15) is 5.10 Å². The molecular formula is C21H26N6O2. The summed E-state index contributed by atoms with van der Waals surface area (Å²) in [6, 6.07) is 7.97. The number of benzene rings is 1. The maximum absolute atomic E-state index is 12.7. The summed E-state index contributed by atoms with van der Waals surface area (Å²) < 4.78 is 7.00. The van der Waals surface area contributed by atoms with Crippen molar-refractivity contribution in [1.82, 2.24) is 29.6 Å². The number of imidazole rings is 1. The quantitative estimate of drug-likeness (QED) is 0.718. The number of carbonyl (C=O) groups is 1. The number of aryl methyl sites for hydroxylation is 1. The summed E-state index contributed by atoms with van der Waals surface area (Å²) in [4.78, 5) is 23.5. The molecule has 8 nitrogen and oxygen atoms in total. The number of nitrogens with zero attached hydrogens (tertiary/aromatic N) is 5. The third-order valence-corrected chi connectivity index (χ3v) is 5.38. The van der Waals surface area contributed by atoms with Crippen LogP contribution in [0.25, 0.3) is 0 Å². The van der Waals surface area contributed by atoms with Crippen LogP contribution < -0.4 is 4.74 Å². The SMILES string of the molecule is COc1ccc(Cc2nc(C3CCCN(C(=O)c4cn(C)cn4)CC3)n[nH]2)cc1. The highest BCUT2D eigenvalue weighted by molar-refractivity contribution is 5.92. The van der Waals surface area contributed by atoms with Gasteiger partial charge in [0.2, 0.25) is 0 Å². The van der Waals surface area contributed by atoms with Crippen molar-refractivity contribution in [3.8, 4) is 5.75 Å². The number of carbonyl (C=O) groups excluding carboxylic acids is 1.